The molecule has 4 aromatic rings. The van der Waals surface area contributed by atoms with Crippen LogP contribution < -0.4 is 5.43 Å². The Balaban J connectivity index is 1.99. The van der Waals surface area contributed by atoms with Crippen LogP contribution >= 0.6 is 11.6 Å². The number of aromatic nitrogens is 2. The Morgan fingerprint density at radius 2 is 1.89 bits per heavy atom. The van der Waals surface area contributed by atoms with Crippen LogP contribution in [0.3, 0.4) is 0 Å². The normalized spacial score (nSPS) is 11.6. The van der Waals surface area contributed by atoms with Gasteiger partial charge in [0.05, 0.1) is 10.9 Å². The highest BCUT2D eigenvalue weighted by atomic mass is 35.5. The molecule has 0 N–H and O–H groups in total. The highest BCUT2D eigenvalue weighted by Gasteiger charge is 2.25. The first-order valence-electron chi connectivity index (χ1n) is 8.63. The third-order valence-corrected chi connectivity index (χ3v) is 4.81. The molecule has 2 aromatic heterocycles. The van der Waals surface area contributed by atoms with Crippen LogP contribution in [-0.4, -0.2) is 15.6 Å². The molecule has 0 atom stereocenters. The van der Waals surface area contributed by atoms with Gasteiger partial charge < -0.3 is 4.42 Å². The lowest BCUT2D eigenvalue weighted by molar-refractivity contribution is 0.103. The molecule has 0 bridgehead atoms. The number of ketones is 1. The molecule has 0 aliphatic carbocycles. The van der Waals surface area contributed by atoms with E-state index in [-0.39, 0.29) is 28.4 Å². The van der Waals surface area contributed by atoms with Crippen LogP contribution in [0.4, 0.5) is 0 Å². The van der Waals surface area contributed by atoms with Crippen molar-refractivity contribution in [2.75, 3.05) is 0 Å². The molecular weight excluding hydrogens is 364 g/mol. The fourth-order valence-corrected chi connectivity index (χ4v) is 3.48. The van der Waals surface area contributed by atoms with Crippen molar-refractivity contribution < 1.29 is 9.21 Å². The fraction of sp³-hybridized carbons (Fsp3) is 0.190. The first kappa shape index (κ1) is 17.5. The minimum atomic E-state index is -0.446. The molecule has 2 heterocycles. The minimum absolute atomic E-state index is 0.0103. The molecule has 6 heteroatoms. The summed E-state index contributed by atoms with van der Waals surface area (Å²) < 4.78 is 7.51. The van der Waals surface area contributed by atoms with E-state index < -0.39 is 11.2 Å². The average Bonchev–Trinajstić information content (AvgIpc) is 3.02. The van der Waals surface area contributed by atoms with Crippen molar-refractivity contribution in [3.8, 4) is 0 Å². The van der Waals surface area contributed by atoms with Gasteiger partial charge in [0.1, 0.15) is 22.6 Å². The molecule has 0 amide bonds. The predicted octanol–water partition coefficient (Wildman–Crippen LogP) is 4.92. The van der Waals surface area contributed by atoms with Gasteiger partial charge in [0, 0.05) is 16.5 Å². The standard InChI is InChI=1S/C21H17ClN2O3/c1-11(2)24-16-7-5-4-6-14(16)19(23-24)21(26)18-12(3)27-17-9-8-13(22)10-15(17)20(18)25/h4-11H,1-3H3. The van der Waals surface area contributed by atoms with Crippen LogP contribution in [-0.2, 0) is 0 Å². The van der Waals surface area contributed by atoms with Gasteiger partial charge in [-0.2, -0.15) is 5.10 Å². The molecule has 27 heavy (non-hydrogen) atoms. The third kappa shape index (κ3) is 2.75. The van der Waals surface area contributed by atoms with Crippen LogP contribution in [0.5, 0.6) is 0 Å². The summed E-state index contributed by atoms with van der Waals surface area (Å²) in [4.78, 5) is 26.3. The molecule has 0 saturated carbocycles. The molecular formula is C21H17ClN2O3. The molecule has 136 valence electrons. The van der Waals surface area contributed by atoms with Crippen LogP contribution in [0.2, 0.25) is 5.02 Å². The summed E-state index contributed by atoms with van der Waals surface area (Å²) in [6.07, 6.45) is 0. The summed E-state index contributed by atoms with van der Waals surface area (Å²) in [5, 5.41) is 5.91. The van der Waals surface area contributed by atoms with Crippen molar-refractivity contribution in [3.63, 3.8) is 0 Å². The van der Waals surface area contributed by atoms with E-state index in [0.29, 0.717) is 16.0 Å². The lowest BCUT2D eigenvalue weighted by Crippen LogP contribution is -2.19. The zero-order valence-corrected chi connectivity index (χ0v) is 15.9. The molecule has 5 nitrogen and oxygen atoms in total. The van der Waals surface area contributed by atoms with Gasteiger partial charge in [-0.15, -0.1) is 0 Å². The smallest absolute Gasteiger partial charge is 0.221 e. The summed E-state index contributed by atoms with van der Waals surface area (Å²) in [6.45, 7) is 5.60. The monoisotopic (exact) mass is 380 g/mol. The Morgan fingerprint density at radius 3 is 2.63 bits per heavy atom. The number of halogens is 1. The van der Waals surface area contributed by atoms with E-state index >= 15 is 0 Å². The second kappa shape index (κ2) is 6.35. The van der Waals surface area contributed by atoms with Gasteiger partial charge >= 0.3 is 0 Å². The maximum Gasteiger partial charge on any atom is 0.221 e. The summed E-state index contributed by atoms with van der Waals surface area (Å²) in [7, 11) is 0. The summed E-state index contributed by atoms with van der Waals surface area (Å²) in [5.41, 5.74) is 1.09. The van der Waals surface area contributed by atoms with E-state index in [2.05, 4.69) is 5.10 Å². The van der Waals surface area contributed by atoms with Crippen molar-refractivity contribution >= 4 is 39.3 Å². The van der Waals surface area contributed by atoms with Crippen LogP contribution in [0.25, 0.3) is 21.9 Å². The number of benzene rings is 2. The molecule has 0 aliphatic rings. The molecule has 4 rings (SSSR count). The van der Waals surface area contributed by atoms with Crippen molar-refractivity contribution in [1.29, 1.82) is 0 Å². The van der Waals surface area contributed by atoms with Gasteiger partial charge in [0.25, 0.3) is 0 Å². The van der Waals surface area contributed by atoms with E-state index in [9.17, 15) is 9.59 Å². The number of hydrogen-bond acceptors (Lipinski definition) is 4. The number of rotatable bonds is 3. The quantitative estimate of drug-likeness (QED) is 0.473. The van der Waals surface area contributed by atoms with E-state index in [1.165, 1.54) is 6.07 Å². The Kier molecular flexibility index (Phi) is 4.12. The number of hydrogen-bond donors (Lipinski definition) is 0. The zero-order valence-electron chi connectivity index (χ0n) is 15.1. The lowest BCUT2D eigenvalue weighted by Gasteiger charge is -2.06. The molecule has 0 unspecified atom stereocenters. The van der Waals surface area contributed by atoms with Gasteiger partial charge in [0.2, 0.25) is 11.2 Å². The Bertz CT molecular complexity index is 1270. The van der Waals surface area contributed by atoms with Crippen molar-refractivity contribution in [2.45, 2.75) is 26.8 Å². The van der Waals surface area contributed by atoms with Gasteiger partial charge in [0.15, 0.2) is 0 Å². The van der Waals surface area contributed by atoms with Gasteiger partial charge in [-0.25, -0.2) is 0 Å². The van der Waals surface area contributed by atoms with Crippen molar-refractivity contribution in [3.05, 3.63) is 74.7 Å². The summed E-state index contributed by atoms with van der Waals surface area (Å²) in [6, 6.07) is 12.4. The topological polar surface area (TPSA) is 65.1 Å². The molecule has 0 fully saturated rings. The second-order valence-electron chi connectivity index (χ2n) is 6.74. The fourth-order valence-electron chi connectivity index (χ4n) is 3.31. The maximum absolute atomic E-state index is 13.3. The molecule has 2 aromatic carbocycles. The number of fused-ring (bicyclic) bond motifs is 2. The number of carbonyl (C=O) groups is 1. The third-order valence-electron chi connectivity index (χ3n) is 4.57. The van der Waals surface area contributed by atoms with Crippen molar-refractivity contribution in [2.24, 2.45) is 0 Å². The Labute approximate surface area is 160 Å². The SMILES string of the molecule is Cc1oc2ccc(Cl)cc2c(=O)c1C(=O)c1nn(C(C)C)c2ccccc12. The van der Waals surface area contributed by atoms with E-state index in [4.69, 9.17) is 16.0 Å². The predicted molar refractivity (Wildman–Crippen MR) is 106 cm³/mol. The van der Waals surface area contributed by atoms with E-state index in [1.807, 2.05) is 38.1 Å². The molecule has 0 aliphatic heterocycles. The highest BCUT2D eigenvalue weighted by molar-refractivity contribution is 6.31. The lowest BCUT2D eigenvalue weighted by atomic mass is 10.0. The first-order chi connectivity index (χ1) is 12.9. The largest absolute Gasteiger partial charge is 0.460 e. The number of carbonyl (C=O) groups excluding carboxylic acids is 1. The first-order valence-corrected chi connectivity index (χ1v) is 9.01. The summed E-state index contributed by atoms with van der Waals surface area (Å²) in [5.74, 6) is -0.179. The van der Waals surface area contributed by atoms with Gasteiger partial charge in [-0.3, -0.25) is 14.3 Å². The Morgan fingerprint density at radius 1 is 1.15 bits per heavy atom. The number of nitrogens with zero attached hydrogens (tertiary/aromatic N) is 2. The molecule has 0 spiro atoms. The number of aryl methyl sites for hydroxylation is 1. The van der Waals surface area contributed by atoms with Gasteiger partial charge in [-0.05, 0) is 45.0 Å². The zero-order chi connectivity index (χ0) is 19.3. The minimum Gasteiger partial charge on any atom is -0.460 e. The highest BCUT2D eigenvalue weighted by Crippen LogP contribution is 2.25. The van der Waals surface area contributed by atoms with Crippen LogP contribution in [0.1, 0.15) is 41.7 Å². The van der Waals surface area contributed by atoms with E-state index in [1.54, 1.807) is 23.7 Å². The second-order valence-corrected chi connectivity index (χ2v) is 7.17. The maximum atomic E-state index is 13.3. The molecule has 0 saturated heterocycles. The van der Waals surface area contributed by atoms with Gasteiger partial charge in [-0.1, -0.05) is 29.8 Å². The van der Waals surface area contributed by atoms with Crippen LogP contribution in [0.15, 0.2) is 51.7 Å². The van der Waals surface area contributed by atoms with Crippen molar-refractivity contribution in [1.82, 2.24) is 9.78 Å². The van der Waals surface area contributed by atoms with E-state index in [0.717, 1.165) is 5.52 Å². The number of para-hydroxylation sites is 1. The average molecular weight is 381 g/mol. The summed E-state index contributed by atoms with van der Waals surface area (Å²) >= 11 is 6.01. The van der Waals surface area contributed by atoms with Crippen LogP contribution in [0, 0.1) is 6.92 Å². The molecule has 0 radical (unpaired) electrons. The Hall–Kier alpha value is -2.92.